The highest BCUT2D eigenvalue weighted by Crippen LogP contribution is 2.17. The normalized spacial score (nSPS) is 10.2. The zero-order valence-electron chi connectivity index (χ0n) is 15.1. The predicted molar refractivity (Wildman–Crippen MR) is 98.9 cm³/mol. The number of methoxy groups -OCH3 is 1. The van der Waals surface area contributed by atoms with Crippen LogP contribution in [0.4, 0.5) is 0 Å². The smallest absolute Gasteiger partial charge is 0.255 e. The third-order valence-electron chi connectivity index (χ3n) is 3.66. The number of hydrogen-bond acceptors (Lipinski definition) is 4. The van der Waals surface area contributed by atoms with Crippen LogP contribution in [0.3, 0.4) is 0 Å². The van der Waals surface area contributed by atoms with E-state index >= 15 is 0 Å². The summed E-state index contributed by atoms with van der Waals surface area (Å²) in [6, 6.07) is 14.7. The van der Waals surface area contributed by atoms with Crippen molar-refractivity contribution < 1.29 is 19.1 Å². The second kappa shape index (κ2) is 10.2. The van der Waals surface area contributed by atoms with Crippen molar-refractivity contribution in [1.82, 2.24) is 10.6 Å². The first kappa shape index (κ1) is 19.5. The molecule has 6 nitrogen and oxygen atoms in total. The summed E-state index contributed by atoms with van der Waals surface area (Å²) >= 11 is 0. The molecule has 0 aliphatic carbocycles. The quantitative estimate of drug-likeness (QED) is 0.723. The zero-order chi connectivity index (χ0) is 18.8. The van der Waals surface area contributed by atoms with Gasteiger partial charge in [0.25, 0.3) is 5.91 Å². The molecule has 0 saturated heterocycles. The van der Waals surface area contributed by atoms with Crippen LogP contribution < -0.4 is 15.4 Å². The van der Waals surface area contributed by atoms with Gasteiger partial charge in [0, 0.05) is 13.7 Å². The number of hydrogen-bond donors (Lipinski definition) is 2. The lowest BCUT2D eigenvalue weighted by Crippen LogP contribution is -2.36. The van der Waals surface area contributed by atoms with Crippen LogP contribution in [0.1, 0.15) is 28.4 Å². The molecule has 2 aromatic carbocycles. The second-order valence-electron chi connectivity index (χ2n) is 5.64. The van der Waals surface area contributed by atoms with Crippen LogP contribution in [0, 0.1) is 0 Å². The largest absolute Gasteiger partial charge is 0.493 e. The van der Waals surface area contributed by atoms with Crippen molar-refractivity contribution in [1.29, 1.82) is 0 Å². The maximum Gasteiger partial charge on any atom is 0.255 e. The highest BCUT2D eigenvalue weighted by molar-refractivity contribution is 5.98. The standard InChI is InChI=1S/C20H24N2O4/c1-3-26-18-7-5-4-6-17(18)20(24)22-13-19(23)21-12-15-8-10-16(11-9-15)14-25-2/h4-11H,3,12-14H2,1-2H3,(H,21,23)(H,22,24). The molecule has 26 heavy (non-hydrogen) atoms. The van der Waals surface area contributed by atoms with E-state index in [1.54, 1.807) is 31.4 Å². The molecular formula is C20H24N2O4. The number of rotatable bonds is 9. The molecule has 2 amide bonds. The van der Waals surface area contributed by atoms with E-state index in [2.05, 4.69) is 10.6 Å². The first-order valence-electron chi connectivity index (χ1n) is 8.47. The maximum absolute atomic E-state index is 12.2. The first-order valence-corrected chi connectivity index (χ1v) is 8.47. The summed E-state index contributed by atoms with van der Waals surface area (Å²) in [4.78, 5) is 24.2. The molecule has 2 N–H and O–H groups in total. The Hall–Kier alpha value is -2.86. The van der Waals surface area contributed by atoms with E-state index in [1.807, 2.05) is 31.2 Å². The topological polar surface area (TPSA) is 76.7 Å². The Morgan fingerprint density at radius 2 is 1.65 bits per heavy atom. The summed E-state index contributed by atoms with van der Waals surface area (Å²) in [5.74, 6) is -0.0922. The summed E-state index contributed by atoms with van der Waals surface area (Å²) in [5.41, 5.74) is 2.46. The van der Waals surface area contributed by atoms with E-state index in [4.69, 9.17) is 9.47 Å². The molecule has 0 bridgehead atoms. The molecule has 0 fully saturated rings. The molecule has 0 radical (unpaired) electrons. The molecule has 0 aromatic heterocycles. The van der Waals surface area contributed by atoms with Crippen LogP contribution in [-0.2, 0) is 22.7 Å². The molecule has 0 spiro atoms. The predicted octanol–water partition coefficient (Wildman–Crippen LogP) is 2.28. The maximum atomic E-state index is 12.2. The highest BCUT2D eigenvalue weighted by Gasteiger charge is 2.12. The summed E-state index contributed by atoms with van der Waals surface area (Å²) < 4.78 is 10.5. The van der Waals surface area contributed by atoms with Crippen molar-refractivity contribution in [3.63, 3.8) is 0 Å². The third-order valence-corrected chi connectivity index (χ3v) is 3.66. The minimum absolute atomic E-state index is 0.0962. The summed E-state index contributed by atoms with van der Waals surface area (Å²) in [5, 5.41) is 5.39. The van der Waals surface area contributed by atoms with Crippen molar-refractivity contribution in [2.24, 2.45) is 0 Å². The van der Waals surface area contributed by atoms with Crippen molar-refractivity contribution in [3.05, 3.63) is 65.2 Å². The number of para-hydroxylation sites is 1. The third kappa shape index (κ3) is 5.89. The van der Waals surface area contributed by atoms with Gasteiger partial charge in [-0.2, -0.15) is 0 Å². The monoisotopic (exact) mass is 356 g/mol. The van der Waals surface area contributed by atoms with Crippen LogP contribution in [0.25, 0.3) is 0 Å². The Balaban J connectivity index is 1.80. The fraction of sp³-hybridized carbons (Fsp3) is 0.300. The Kier molecular flexibility index (Phi) is 7.64. The Labute approximate surface area is 153 Å². The fourth-order valence-corrected chi connectivity index (χ4v) is 2.37. The zero-order valence-corrected chi connectivity index (χ0v) is 15.1. The van der Waals surface area contributed by atoms with E-state index in [0.717, 1.165) is 11.1 Å². The summed E-state index contributed by atoms with van der Waals surface area (Å²) in [6.45, 7) is 3.18. The van der Waals surface area contributed by atoms with Gasteiger partial charge in [0.05, 0.1) is 25.3 Å². The minimum Gasteiger partial charge on any atom is -0.493 e. The Morgan fingerprint density at radius 1 is 0.962 bits per heavy atom. The van der Waals surface area contributed by atoms with Gasteiger partial charge in [0.2, 0.25) is 5.91 Å². The number of amides is 2. The van der Waals surface area contributed by atoms with Crippen molar-refractivity contribution in [2.45, 2.75) is 20.1 Å². The number of nitrogens with one attached hydrogen (secondary N) is 2. The molecule has 0 aliphatic heterocycles. The highest BCUT2D eigenvalue weighted by atomic mass is 16.5. The molecule has 0 saturated carbocycles. The van der Waals surface area contributed by atoms with Gasteiger partial charge in [0.1, 0.15) is 5.75 Å². The summed E-state index contributed by atoms with van der Waals surface area (Å²) in [6.07, 6.45) is 0. The molecule has 138 valence electrons. The first-order chi connectivity index (χ1) is 12.6. The van der Waals surface area contributed by atoms with E-state index in [1.165, 1.54) is 0 Å². The molecule has 0 atom stereocenters. The minimum atomic E-state index is -0.340. The van der Waals surface area contributed by atoms with Crippen LogP contribution in [-0.4, -0.2) is 32.1 Å². The van der Waals surface area contributed by atoms with Gasteiger partial charge in [-0.05, 0) is 30.2 Å². The average molecular weight is 356 g/mol. The van der Waals surface area contributed by atoms with Crippen molar-refractivity contribution in [2.75, 3.05) is 20.3 Å². The number of ether oxygens (including phenoxy) is 2. The molecule has 0 heterocycles. The number of carbonyl (C=O) groups is 2. The van der Waals surface area contributed by atoms with Gasteiger partial charge in [0.15, 0.2) is 0 Å². The van der Waals surface area contributed by atoms with Crippen LogP contribution in [0.2, 0.25) is 0 Å². The summed E-state index contributed by atoms with van der Waals surface area (Å²) in [7, 11) is 1.65. The van der Waals surface area contributed by atoms with Crippen molar-refractivity contribution in [3.8, 4) is 5.75 Å². The fourth-order valence-electron chi connectivity index (χ4n) is 2.37. The molecular weight excluding hydrogens is 332 g/mol. The van der Waals surface area contributed by atoms with Gasteiger partial charge in [-0.1, -0.05) is 36.4 Å². The van der Waals surface area contributed by atoms with Crippen LogP contribution in [0.15, 0.2) is 48.5 Å². The number of benzene rings is 2. The molecule has 2 rings (SSSR count). The molecule has 0 aliphatic rings. The van der Waals surface area contributed by atoms with E-state index in [0.29, 0.717) is 31.1 Å². The van der Waals surface area contributed by atoms with Gasteiger partial charge < -0.3 is 20.1 Å². The van der Waals surface area contributed by atoms with Gasteiger partial charge in [-0.3, -0.25) is 9.59 Å². The van der Waals surface area contributed by atoms with Crippen molar-refractivity contribution >= 4 is 11.8 Å². The van der Waals surface area contributed by atoms with E-state index < -0.39 is 0 Å². The Morgan fingerprint density at radius 3 is 2.35 bits per heavy atom. The lowest BCUT2D eigenvalue weighted by molar-refractivity contribution is -0.120. The lowest BCUT2D eigenvalue weighted by atomic mass is 10.1. The van der Waals surface area contributed by atoms with E-state index in [9.17, 15) is 9.59 Å². The molecule has 0 unspecified atom stereocenters. The average Bonchev–Trinajstić information content (AvgIpc) is 2.66. The number of carbonyl (C=O) groups excluding carboxylic acids is 2. The second-order valence-corrected chi connectivity index (χ2v) is 5.64. The SMILES string of the molecule is CCOc1ccccc1C(=O)NCC(=O)NCc1ccc(COC)cc1. The molecule has 6 heteroatoms. The Bertz CT molecular complexity index is 729. The lowest BCUT2D eigenvalue weighted by Gasteiger charge is -2.11. The van der Waals surface area contributed by atoms with Crippen LogP contribution >= 0.6 is 0 Å². The van der Waals surface area contributed by atoms with Gasteiger partial charge >= 0.3 is 0 Å². The van der Waals surface area contributed by atoms with Crippen LogP contribution in [0.5, 0.6) is 5.75 Å². The van der Waals surface area contributed by atoms with Gasteiger partial charge in [-0.15, -0.1) is 0 Å². The van der Waals surface area contributed by atoms with Gasteiger partial charge in [-0.25, -0.2) is 0 Å². The molecule has 2 aromatic rings. The van der Waals surface area contributed by atoms with E-state index in [-0.39, 0.29) is 18.4 Å².